The number of hydrogen-bond acceptors (Lipinski definition) is 4. The highest BCUT2D eigenvalue weighted by Gasteiger charge is 2.23. The van der Waals surface area contributed by atoms with Gasteiger partial charge in [0, 0.05) is 0 Å². The number of rotatable bonds is 5. The summed E-state index contributed by atoms with van der Waals surface area (Å²) in [5, 5.41) is 6.53. The standard InChI is InChI=1S/C13H17ClN4O2S/c1-8(2)10-4-5-11(14)12(6-10)21(19,20)18-9(3)13-15-7-16-17-13/h4-9,18H,1-3H3,(H,15,16,17)/t9-/m1/s1. The molecule has 6 nitrogen and oxygen atoms in total. The number of nitrogens with one attached hydrogen (secondary N) is 2. The molecule has 0 bridgehead atoms. The van der Waals surface area contributed by atoms with Gasteiger partial charge in [-0.05, 0) is 30.5 Å². The van der Waals surface area contributed by atoms with Crippen molar-refractivity contribution in [3.63, 3.8) is 0 Å². The molecule has 1 heterocycles. The molecular formula is C13H17ClN4O2S. The van der Waals surface area contributed by atoms with Gasteiger partial charge in [-0.15, -0.1) is 0 Å². The SMILES string of the molecule is CC(C)c1ccc(Cl)c(S(=O)(=O)N[C@H](C)c2ncn[nH]2)c1. The van der Waals surface area contributed by atoms with Gasteiger partial charge in [-0.25, -0.2) is 18.1 Å². The van der Waals surface area contributed by atoms with E-state index in [1.165, 1.54) is 6.33 Å². The van der Waals surface area contributed by atoms with Gasteiger partial charge in [-0.3, -0.25) is 5.10 Å². The summed E-state index contributed by atoms with van der Waals surface area (Å²) in [4.78, 5) is 4.01. The van der Waals surface area contributed by atoms with Gasteiger partial charge in [-0.1, -0.05) is 31.5 Å². The van der Waals surface area contributed by atoms with E-state index in [0.29, 0.717) is 5.82 Å². The van der Waals surface area contributed by atoms with E-state index < -0.39 is 16.1 Å². The molecule has 0 aliphatic carbocycles. The van der Waals surface area contributed by atoms with Crippen molar-refractivity contribution < 1.29 is 8.42 Å². The van der Waals surface area contributed by atoms with E-state index in [1.54, 1.807) is 19.1 Å². The molecule has 0 spiro atoms. The molecule has 0 aliphatic heterocycles. The van der Waals surface area contributed by atoms with Gasteiger partial charge in [0.25, 0.3) is 0 Å². The Morgan fingerprint density at radius 1 is 1.29 bits per heavy atom. The van der Waals surface area contributed by atoms with Crippen molar-refractivity contribution in [2.24, 2.45) is 0 Å². The molecule has 1 atom stereocenters. The highest BCUT2D eigenvalue weighted by molar-refractivity contribution is 7.89. The molecule has 2 aromatic rings. The van der Waals surface area contributed by atoms with Crippen LogP contribution < -0.4 is 4.72 Å². The summed E-state index contributed by atoms with van der Waals surface area (Å²) in [6.45, 7) is 5.66. The Labute approximate surface area is 129 Å². The Hall–Kier alpha value is -1.44. The third-order valence-electron chi connectivity index (χ3n) is 3.09. The zero-order valence-corrected chi connectivity index (χ0v) is 13.5. The molecule has 2 N–H and O–H groups in total. The van der Waals surface area contributed by atoms with Gasteiger partial charge >= 0.3 is 0 Å². The van der Waals surface area contributed by atoms with Crippen LogP contribution in [-0.4, -0.2) is 23.6 Å². The number of halogens is 1. The summed E-state index contributed by atoms with van der Waals surface area (Å²) in [6.07, 6.45) is 1.33. The van der Waals surface area contributed by atoms with Crippen molar-refractivity contribution in [3.8, 4) is 0 Å². The lowest BCUT2D eigenvalue weighted by Crippen LogP contribution is -2.28. The molecule has 0 amide bonds. The van der Waals surface area contributed by atoms with Gasteiger partial charge in [0.15, 0.2) is 0 Å². The highest BCUT2D eigenvalue weighted by atomic mass is 35.5. The van der Waals surface area contributed by atoms with Crippen LogP contribution in [0.15, 0.2) is 29.4 Å². The Bertz CT molecular complexity index is 714. The topological polar surface area (TPSA) is 87.7 Å². The van der Waals surface area contributed by atoms with Crippen molar-refractivity contribution in [2.75, 3.05) is 0 Å². The average Bonchev–Trinajstić information content (AvgIpc) is 2.92. The first-order chi connectivity index (χ1) is 9.81. The van der Waals surface area contributed by atoms with Crippen molar-refractivity contribution in [1.29, 1.82) is 0 Å². The molecule has 1 aromatic heterocycles. The zero-order valence-electron chi connectivity index (χ0n) is 12.0. The van der Waals surface area contributed by atoms with Crippen molar-refractivity contribution in [2.45, 2.75) is 37.6 Å². The van der Waals surface area contributed by atoms with Crippen LogP contribution in [0.2, 0.25) is 5.02 Å². The molecule has 114 valence electrons. The van der Waals surface area contributed by atoms with Gasteiger partial charge in [-0.2, -0.15) is 5.10 Å². The molecule has 0 unspecified atom stereocenters. The molecule has 2 rings (SSSR count). The number of benzene rings is 1. The lowest BCUT2D eigenvalue weighted by molar-refractivity contribution is 0.560. The molecule has 0 saturated carbocycles. The minimum Gasteiger partial charge on any atom is -0.262 e. The Morgan fingerprint density at radius 2 is 2.00 bits per heavy atom. The molecule has 1 aromatic carbocycles. The van der Waals surface area contributed by atoms with Crippen LogP contribution in [0.4, 0.5) is 0 Å². The van der Waals surface area contributed by atoms with E-state index in [9.17, 15) is 8.42 Å². The van der Waals surface area contributed by atoms with Crippen molar-refractivity contribution >= 4 is 21.6 Å². The average molecular weight is 329 g/mol. The van der Waals surface area contributed by atoms with E-state index in [-0.39, 0.29) is 15.8 Å². The minimum atomic E-state index is -3.74. The number of aromatic amines is 1. The number of aromatic nitrogens is 3. The van der Waals surface area contributed by atoms with Crippen LogP contribution in [0, 0.1) is 0 Å². The fourth-order valence-electron chi connectivity index (χ4n) is 1.86. The maximum atomic E-state index is 12.5. The molecule has 21 heavy (non-hydrogen) atoms. The highest BCUT2D eigenvalue weighted by Crippen LogP contribution is 2.27. The lowest BCUT2D eigenvalue weighted by atomic mass is 10.0. The van der Waals surface area contributed by atoms with E-state index in [4.69, 9.17) is 11.6 Å². The zero-order chi connectivity index (χ0) is 15.6. The Balaban J connectivity index is 2.33. The summed E-state index contributed by atoms with van der Waals surface area (Å²) < 4.78 is 27.5. The molecule has 0 radical (unpaired) electrons. The summed E-state index contributed by atoms with van der Waals surface area (Å²) in [7, 11) is -3.74. The normalized spacial score (nSPS) is 13.6. The first kappa shape index (κ1) is 15.9. The fraction of sp³-hybridized carbons (Fsp3) is 0.385. The van der Waals surface area contributed by atoms with Gasteiger partial charge in [0.1, 0.15) is 17.0 Å². The first-order valence-electron chi connectivity index (χ1n) is 6.48. The summed E-state index contributed by atoms with van der Waals surface area (Å²) >= 11 is 6.04. The van der Waals surface area contributed by atoms with Crippen LogP contribution in [0.5, 0.6) is 0 Å². The van der Waals surface area contributed by atoms with Gasteiger partial charge in [0.05, 0.1) is 11.1 Å². The summed E-state index contributed by atoms with van der Waals surface area (Å²) in [6, 6.07) is 4.50. The van der Waals surface area contributed by atoms with E-state index in [0.717, 1.165) is 5.56 Å². The third-order valence-corrected chi connectivity index (χ3v) is 5.11. The van der Waals surface area contributed by atoms with E-state index in [2.05, 4.69) is 19.9 Å². The second kappa shape index (κ2) is 6.13. The van der Waals surface area contributed by atoms with Crippen LogP contribution in [0.1, 0.15) is 44.1 Å². The van der Waals surface area contributed by atoms with Crippen molar-refractivity contribution in [3.05, 3.63) is 40.9 Å². The third kappa shape index (κ3) is 3.61. The van der Waals surface area contributed by atoms with Gasteiger partial charge < -0.3 is 0 Å². The minimum absolute atomic E-state index is 0.0710. The summed E-state index contributed by atoms with van der Waals surface area (Å²) in [5.74, 6) is 0.651. The van der Waals surface area contributed by atoms with E-state index >= 15 is 0 Å². The maximum absolute atomic E-state index is 12.5. The predicted octanol–water partition coefficient (Wildman–Crippen LogP) is 2.62. The number of nitrogens with zero attached hydrogens (tertiary/aromatic N) is 2. The quantitative estimate of drug-likeness (QED) is 0.883. The Morgan fingerprint density at radius 3 is 2.57 bits per heavy atom. The van der Waals surface area contributed by atoms with Crippen LogP contribution >= 0.6 is 11.6 Å². The lowest BCUT2D eigenvalue weighted by Gasteiger charge is -2.14. The molecule has 8 heteroatoms. The molecule has 0 aliphatic rings. The predicted molar refractivity (Wildman–Crippen MR) is 80.7 cm³/mol. The fourth-order valence-corrected chi connectivity index (χ4v) is 3.60. The second-order valence-electron chi connectivity index (χ2n) is 5.06. The van der Waals surface area contributed by atoms with Crippen LogP contribution in [0.25, 0.3) is 0 Å². The monoisotopic (exact) mass is 328 g/mol. The number of sulfonamides is 1. The maximum Gasteiger partial charge on any atom is 0.242 e. The van der Waals surface area contributed by atoms with Crippen molar-refractivity contribution in [1.82, 2.24) is 19.9 Å². The van der Waals surface area contributed by atoms with Crippen LogP contribution in [-0.2, 0) is 10.0 Å². The van der Waals surface area contributed by atoms with E-state index in [1.807, 2.05) is 19.9 Å². The Kier molecular flexibility index (Phi) is 4.65. The molecule has 0 fully saturated rings. The summed E-state index contributed by atoms with van der Waals surface area (Å²) in [5.41, 5.74) is 0.909. The van der Waals surface area contributed by atoms with Gasteiger partial charge in [0.2, 0.25) is 10.0 Å². The number of hydrogen-bond donors (Lipinski definition) is 2. The largest absolute Gasteiger partial charge is 0.262 e. The molecular weight excluding hydrogens is 312 g/mol. The number of H-pyrrole nitrogens is 1. The molecule has 0 saturated heterocycles. The smallest absolute Gasteiger partial charge is 0.242 e. The van der Waals surface area contributed by atoms with Crippen LogP contribution in [0.3, 0.4) is 0 Å². The second-order valence-corrected chi connectivity index (χ2v) is 7.15. The first-order valence-corrected chi connectivity index (χ1v) is 8.34.